The predicted molar refractivity (Wildman–Crippen MR) is 104 cm³/mol. The van der Waals surface area contributed by atoms with Gasteiger partial charge in [-0.3, -0.25) is 4.98 Å². The van der Waals surface area contributed by atoms with Crippen molar-refractivity contribution in [2.75, 3.05) is 4.90 Å². The molecule has 1 aliphatic heterocycles. The quantitative estimate of drug-likeness (QED) is 0.561. The number of aromatic nitrogens is 5. The summed E-state index contributed by atoms with van der Waals surface area (Å²) in [7, 11) is 0. The fraction of sp³-hybridized carbons (Fsp3) is 0.143. The normalized spacial score (nSPS) is 16.3. The minimum Gasteiger partial charge on any atom is -0.309 e. The van der Waals surface area contributed by atoms with E-state index in [0.29, 0.717) is 0 Å². The van der Waals surface area contributed by atoms with Gasteiger partial charge in [-0.1, -0.05) is 53.6 Å². The molecule has 0 amide bonds. The van der Waals surface area contributed by atoms with E-state index in [1.807, 2.05) is 47.3 Å². The number of rotatable bonds is 3. The molecule has 3 heterocycles. The molecule has 1 unspecified atom stereocenters. The van der Waals surface area contributed by atoms with Gasteiger partial charge < -0.3 is 4.90 Å². The molecule has 0 spiro atoms. The van der Waals surface area contributed by atoms with Gasteiger partial charge in [0, 0.05) is 17.3 Å². The van der Waals surface area contributed by atoms with Crippen LogP contribution in [0.2, 0.25) is 0 Å². The van der Waals surface area contributed by atoms with Gasteiger partial charge in [0.25, 0.3) is 5.95 Å². The predicted octanol–water partition coefficient (Wildman–Crippen LogP) is 3.73. The summed E-state index contributed by atoms with van der Waals surface area (Å²) in [4.78, 5) is 6.63. The minimum absolute atomic E-state index is 0.0603. The highest BCUT2D eigenvalue weighted by Gasteiger charge is 2.29. The maximum absolute atomic E-state index is 4.48. The molecule has 5 rings (SSSR count). The number of hydrogen-bond acceptors (Lipinski definition) is 5. The Hall–Kier alpha value is -3.54. The average molecular weight is 354 g/mol. The zero-order valence-corrected chi connectivity index (χ0v) is 14.9. The van der Waals surface area contributed by atoms with Gasteiger partial charge >= 0.3 is 0 Å². The third-order valence-electron chi connectivity index (χ3n) is 4.99. The van der Waals surface area contributed by atoms with E-state index in [9.17, 15) is 0 Å². The number of para-hydroxylation sites is 1. The number of hydrogen-bond donors (Lipinski definition) is 0. The van der Waals surface area contributed by atoms with E-state index in [2.05, 4.69) is 62.7 Å². The highest BCUT2D eigenvalue weighted by molar-refractivity contribution is 5.82. The third-order valence-corrected chi connectivity index (χ3v) is 4.99. The van der Waals surface area contributed by atoms with Crippen molar-refractivity contribution < 1.29 is 0 Å². The molecule has 0 saturated carbocycles. The second-order valence-electron chi connectivity index (χ2n) is 6.67. The maximum Gasteiger partial charge on any atom is 0.250 e. The highest BCUT2D eigenvalue weighted by atomic mass is 15.6. The molecule has 2 aromatic heterocycles. The van der Waals surface area contributed by atoms with Crippen molar-refractivity contribution in [1.82, 2.24) is 25.2 Å². The standard InChI is InChI=1S/C21H18N6/c1-15-13-20(18-11-12-22-19-10-6-5-9-17(18)19)27-21(23-24-25-27)26(15)14-16-7-3-2-4-8-16/h2-13,20H,14H2,1H3. The van der Waals surface area contributed by atoms with Gasteiger partial charge in [-0.15, -0.1) is 0 Å². The summed E-state index contributed by atoms with van der Waals surface area (Å²) in [6.45, 7) is 2.84. The van der Waals surface area contributed by atoms with Crippen molar-refractivity contribution in [1.29, 1.82) is 0 Å². The van der Waals surface area contributed by atoms with Crippen molar-refractivity contribution >= 4 is 16.9 Å². The summed E-state index contributed by atoms with van der Waals surface area (Å²) in [6.07, 6.45) is 4.06. The summed E-state index contributed by atoms with van der Waals surface area (Å²) in [5, 5.41) is 13.7. The van der Waals surface area contributed by atoms with Crippen LogP contribution in [0.3, 0.4) is 0 Å². The van der Waals surface area contributed by atoms with Crippen molar-refractivity contribution in [3.8, 4) is 0 Å². The Balaban J connectivity index is 1.60. The molecule has 1 aliphatic rings. The Bertz CT molecular complexity index is 1130. The van der Waals surface area contributed by atoms with Crippen LogP contribution in [-0.4, -0.2) is 25.2 Å². The van der Waals surface area contributed by atoms with Crippen molar-refractivity contribution in [2.24, 2.45) is 0 Å². The molecule has 2 aromatic carbocycles. The first kappa shape index (κ1) is 15.7. The second-order valence-corrected chi connectivity index (χ2v) is 6.67. The Kier molecular flexibility index (Phi) is 3.67. The molecule has 0 fully saturated rings. The molecule has 6 nitrogen and oxygen atoms in total. The molecule has 4 aromatic rings. The number of tetrazole rings is 1. The van der Waals surface area contributed by atoms with Gasteiger partial charge in [-0.05, 0) is 46.7 Å². The van der Waals surface area contributed by atoms with Crippen LogP contribution in [0.4, 0.5) is 5.95 Å². The second kappa shape index (κ2) is 6.32. The van der Waals surface area contributed by atoms with Crippen LogP contribution in [0.15, 0.2) is 78.6 Å². The zero-order chi connectivity index (χ0) is 18.2. The third kappa shape index (κ3) is 2.66. The zero-order valence-electron chi connectivity index (χ0n) is 14.9. The average Bonchev–Trinajstić information content (AvgIpc) is 3.20. The molecule has 0 saturated heterocycles. The first-order valence-corrected chi connectivity index (χ1v) is 8.92. The van der Waals surface area contributed by atoms with E-state index in [1.165, 1.54) is 5.56 Å². The van der Waals surface area contributed by atoms with Crippen LogP contribution >= 0.6 is 0 Å². The molecular weight excluding hydrogens is 336 g/mol. The Labute approximate surface area is 156 Å². The fourth-order valence-electron chi connectivity index (χ4n) is 3.65. The van der Waals surface area contributed by atoms with Gasteiger partial charge in [0.05, 0.1) is 12.1 Å². The van der Waals surface area contributed by atoms with Crippen molar-refractivity contribution in [2.45, 2.75) is 19.5 Å². The van der Waals surface area contributed by atoms with Gasteiger partial charge in [0.2, 0.25) is 0 Å². The molecule has 27 heavy (non-hydrogen) atoms. The van der Waals surface area contributed by atoms with Crippen molar-refractivity contribution in [3.63, 3.8) is 0 Å². The SMILES string of the molecule is CC1=CC(c2ccnc3ccccc23)n2nnnc2N1Cc1ccccc1. The molecule has 6 heteroatoms. The monoisotopic (exact) mass is 354 g/mol. The summed E-state index contributed by atoms with van der Waals surface area (Å²) in [5.74, 6) is 0.754. The van der Waals surface area contributed by atoms with E-state index in [1.54, 1.807) is 0 Å². The molecule has 132 valence electrons. The topological polar surface area (TPSA) is 59.7 Å². The largest absolute Gasteiger partial charge is 0.309 e. The highest BCUT2D eigenvalue weighted by Crippen LogP contribution is 2.35. The van der Waals surface area contributed by atoms with Crippen LogP contribution in [-0.2, 0) is 6.54 Å². The Morgan fingerprint density at radius 2 is 1.78 bits per heavy atom. The Morgan fingerprint density at radius 1 is 0.963 bits per heavy atom. The molecule has 1 atom stereocenters. The van der Waals surface area contributed by atoms with Gasteiger partial charge in [0.1, 0.15) is 6.04 Å². The van der Waals surface area contributed by atoms with Crippen LogP contribution in [0.25, 0.3) is 10.9 Å². The fourth-order valence-corrected chi connectivity index (χ4v) is 3.65. The number of nitrogens with zero attached hydrogens (tertiary/aromatic N) is 6. The van der Waals surface area contributed by atoms with Crippen molar-refractivity contribution in [3.05, 3.63) is 89.8 Å². The molecule has 0 aliphatic carbocycles. The summed E-state index contributed by atoms with van der Waals surface area (Å²) < 4.78 is 1.89. The number of benzene rings is 2. The molecular formula is C21H18N6. The van der Waals surface area contributed by atoms with Gasteiger partial charge in [0.15, 0.2) is 0 Å². The molecule has 0 bridgehead atoms. The van der Waals surface area contributed by atoms with Crippen LogP contribution in [0.1, 0.15) is 24.1 Å². The van der Waals surface area contributed by atoms with Gasteiger partial charge in [-0.25, -0.2) is 0 Å². The van der Waals surface area contributed by atoms with Crippen LogP contribution in [0, 0.1) is 0 Å². The lowest BCUT2D eigenvalue weighted by Gasteiger charge is -2.31. The molecule has 0 radical (unpaired) electrons. The van der Waals surface area contributed by atoms with E-state index in [4.69, 9.17) is 0 Å². The van der Waals surface area contributed by atoms with Gasteiger partial charge in [-0.2, -0.15) is 4.68 Å². The minimum atomic E-state index is -0.0603. The summed E-state index contributed by atoms with van der Waals surface area (Å²) >= 11 is 0. The number of anilines is 1. The van der Waals surface area contributed by atoms with E-state index >= 15 is 0 Å². The first-order chi connectivity index (χ1) is 13.3. The van der Waals surface area contributed by atoms with Crippen LogP contribution < -0.4 is 4.90 Å². The lowest BCUT2D eigenvalue weighted by Crippen LogP contribution is -2.30. The Morgan fingerprint density at radius 3 is 2.67 bits per heavy atom. The lowest BCUT2D eigenvalue weighted by molar-refractivity contribution is 0.561. The first-order valence-electron chi connectivity index (χ1n) is 8.92. The lowest BCUT2D eigenvalue weighted by atomic mass is 10.00. The number of allylic oxidation sites excluding steroid dienone is 2. The van der Waals surface area contributed by atoms with E-state index in [0.717, 1.165) is 34.7 Å². The van der Waals surface area contributed by atoms with E-state index < -0.39 is 0 Å². The summed E-state index contributed by atoms with van der Waals surface area (Å²) in [5.41, 5.74) is 4.47. The smallest absolute Gasteiger partial charge is 0.250 e. The number of pyridine rings is 1. The molecule has 0 N–H and O–H groups in total. The number of fused-ring (bicyclic) bond motifs is 2. The van der Waals surface area contributed by atoms with Crippen LogP contribution in [0.5, 0.6) is 0 Å². The maximum atomic E-state index is 4.48. The summed E-state index contributed by atoms with van der Waals surface area (Å²) in [6, 6.07) is 20.5. The van der Waals surface area contributed by atoms with E-state index in [-0.39, 0.29) is 6.04 Å².